The maximum atomic E-state index is 13.4. The lowest BCUT2D eigenvalue weighted by Gasteiger charge is -2.08. The number of carbonyl (C=O) groups excluding carboxylic acids is 1. The van der Waals surface area contributed by atoms with Crippen molar-refractivity contribution in [3.63, 3.8) is 0 Å². The van der Waals surface area contributed by atoms with Crippen LogP contribution < -0.4 is 10.9 Å². The fourth-order valence-electron chi connectivity index (χ4n) is 2.26. The van der Waals surface area contributed by atoms with Gasteiger partial charge in [-0.05, 0) is 51.8 Å². The zero-order valence-electron chi connectivity index (χ0n) is 11.8. The molecule has 1 aromatic heterocycles. The molecule has 1 heterocycles. The molecule has 0 aliphatic heterocycles. The van der Waals surface area contributed by atoms with E-state index in [2.05, 4.69) is 21.2 Å². The van der Waals surface area contributed by atoms with E-state index < -0.39 is 11.4 Å². The van der Waals surface area contributed by atoms with Crippen LogP contribution in [0.1, 0.15) is 15.9 Å². The lowest BCUT2D eigenvalue weighted by atomic mass is 10.1. The molecule has 1 amide bonds. The first-order valence-electron chi connectivity index (χ1n) is 6.79. The summed E-state index contributed by atoms with van der Waals surface area (Å²) in [7, 11) is 0. The quantitative estimate of drug-likeness (QED) is 0.711. The van der Waals surface area contributed by atoms with Crippen LogP contribution in [0.25, 0.3) is 11.0 Å². The fourth-order valence-corrected chi connectivity index (χ4v) is 2.73. The zero-order valence-corrected chi connectivity index (χ0v) is 13.4. The van der Waals surface area contributed by atoms with Gasteiger partial charge in [-0.15, -0.1) is 0 Å². The molecule has 6 heteroatoms. The van der Waals surface area contributed by atoms with Crippen LogP contribution in [-0.2, 0) is 6.54 Å². The van der Waals surface area contributed by atoms with Crippen LogP contribution in [0, 0.1) is 5.82 Å². The zero-order chi connectivity index (χ0) is 16.4. The third-order valence-electron chi connectivity index (χ3n) is 3.35. The standard InChI is InChI=1S/C17H11BrFNO3/c18-14-4-2-1-3-12(14)17(22)20-9-10-7-16(21)23-15-6-5-11(19)8-13(10)15/h1-8H,9H2,(H,20,22). The number of fused-ring (bicyclic) bond motifs is 1. The number of rotatable bonds is 3. The van der Waals surface area contributed by atoms with Crippen LogP contribution in [0.2, 0.25) is 0 Å². The van der Waals surface area contributed by atoms with Gasteiger partial charge in [0.05, 0.1) is 5.56 Å². The summed E-state index contributed by atoms with van der Waals surface area (Å²) >= 11 is 3.31. The highest BCUT2D eigenvalue weighted by Crippen LogP contribution is 2.19. The number of halogens is 2. The fraction of sp³-hybridized carbons (Fsp3) is 0.0588. The van der Waals surface area contributed by atoms with Gasteiger partial charge in [0, 0.05) is 22.5 Å². The number of hydrogen-bond acceptors (Lipinski definition) is 3. The summed E-state index contributed by atoms with van der Waals surface area (Å²) in [5.74, 6) is -0.736. The van der Waals surface area contributed by atoms with E-state index in [-0.39, 0.29) is 18.0 Å². The molecule has 0 atom stereocenters. The minimum atomic E-state index is -0.547. The van der Waals surface area contributed by atoms with Gasteiger partial charge in [0.1, 0.15) is 11.4 Å². The first-order valence-corrected chi connectivity index (χ1v) is 7.59. The number of nitrogens with one attached hydrogen (secondary N) is 1. The summed E-state index contributed by atoms with van der Waals surface area (Å²) in [5, 5.41) is 3.18. The van der Waals surface area contributed by atoms with Gasteiger partial charge >= 0.3 is 5.63 Å². The van der Waals surface area contributed by atoms with Gasteiger partial charge in [-0.25, -0.2) is 9.18 Å². The lowest BCUT2D eigenvalue weighted by Crippen LogP contribution is -2.23. The molecular weight excluding hydrogens is 365 g/mol. The van der Waals surface area contributed by atoms with E-state index in [0.717, 1.165) is 0 Å². The summed E-state index contributed by atoms with van der Waals surface area (Å²) in [4.78, 5) is 23.8. The van der Waals surface area contributed by atoms with E-state index in [1.54, 1.807) is 24.3 Å². The Morgan fingerprint density at radius 2 is 1.96 bits per heavy atom. The van der Waals surface area contributed by atoms with Crippen LogP contribution in [0.4, 0.5) is 4.39 Å². The molecule has 0 unspecified atom stereocenters. The molecule has 0 aliphatic rings. The minimum absolute atomic E-state index is 0.0890. The van der Waals surface area contributed by atoms with Crippen LogP contribution in [0.5, 0.6) is 0 Å². The Kier molecular flexibility index (Phi) is 4.25. The Balaban J connectivity index is 1.90. The van der Waals surface area contributed by atoms with Crippen molar-refractivity contribution in [2.45, 2.75) is 6.54 Å². The summed E-state index contributed by atoms with van der Waals surface area (Å²) in [6.45, 7) is 0.0890. The first kappa shape index (κ1) is 15.4. The Morgan fingerprint density at radius 3 is 2.74 bits per heavy atom. The third kappa shape index (κ3) is 3.32. The van der Waals surface area contributed by atoms with Crippen LogP contribution in [-0.4, -0.2) is 5.91 Å². The Bertz CT molecular complexity index is 952. The van der Waals surface area contributed by atoms with Gasteiger partial charge in [-0.1, -0.05) is 12.1 Å². The van der Waals surface area contributed by atoms with Gasteiger partial charge in [0.25, 0.3) is 5.91 Å². The van der Waals surface area contributed by atoms with Crippen LogP contribution >= 0.6 is 15.9 Å². The maximum absolute atomic E-state index is 13.4. The molecule has 3 rings (SSSR count). The van der Waals surface area contributed by atoms with Crippen molar-refractivity contribution in [2.75, 3.05) is 0 Å². The molecule has 23 heavy (non-hydrogen) atoms. The molecule has 0 saturated carbocycles. The van der Waals surface area contributed by atoms with Crippen molar-refractivity contribution in [2.24, 2.45) is 0 Å². The molecule has 1 N–H and O–H groups in total. The molecule has 0 aliphatic carbocycles. The second-order valence-corrected chi connectivity index (χ2v) is 5.75. The summed E-state index contributed by atoms with van der Waals surface area (Å²) < 4.78 is 19.1. The van der Waals surface area contributed by atoms with Crippen LogP contribution in [0.15, 0.2) is 62.2 Å². The van der Waals surface area contributed by atoms with E-state index in [4.69, 9.17) is 4.42 Å². The maximum Gasteiger partial charge on any atom is 0.336 e. The Morgan fingerprint density at radius 1 is 1.17 bits per heavy atom. The summed E-state index contributed by atoms with van der Waals surface area (Å²) in [6, 6.07) is 12.1. The van der Waals surface area contributed by atoms with E-state index in [1.165, 1.54) is 24.3 Å². The largest absolute Gasteiger partial charge is 0.423 e. The second kappa shape index (κ2) is 6.34. The molecule has 0 spiro atoms. The second-order valence-electron chi connectivity index (χ2n) is 4.89. The summed E-state index contributed by atoms with van der Waals surface area (Å²) in [5.41, 5.74) is 0.709. The average Bonchev–Trinajstić information content (AvgIpc) is 2.53. The van der Waals surface area contributed by atoms with Gasteiger partial charge in [-0.3, -0.25) is 4.79 Å². The highest BCUT2D eigenvalue weighted by Gasteiger charge is 2.11. The molecule has 0 bridgehead atoms. The molecular formula is C17H11BrFNO3. The highest BCUT2D eigenvalue weighted by atomic mass is 79.9. The predicted octanol–water partition coefficient (Wildman–Crippen LogP) is 3.62. The topological polar surface area (TPSA) is 59.3 Å². The number of benzene rings is 2. The SMILES string of the molecule is O=C(NCc1cc(=O)oc2ccc(F)cc12)c1ccccc1Br. The minimum Gasteiger partial charge on any atom is -0.423 e. The van der Waals surface area contributed by atoms with Gasteiger partial charge in [0.2, 0.25) is 0 Å². The summed E-state index contributed by atoms with van der Waals surface area (Å²) in [6.07, 6.45) is 0. The molecule has 4 nitrogen and oxygen atoms in total. The van der Waals surface area contributed by atoms with Crippen molar-refractivity contribution in [1.82, 2.24) is 5.32 Å². The molecule has 3 aromatic rings. The first-order chi connectivity index (χ1) is 11.0. The average molecular weight is 376 g/mol. The normalized spacial score (nSPS) is 10.7. The lowest BCUT2D eigenvalue weighted by molar-refractivity contribution is 0.0950. The van der Waals surface area contributed by atoms with Gasteiger partial charge < -0.3 is 9.73 Å². The predicted molar refractivity (Wildman–Crippen MR) is 87.8 cm³/mol. The Hall–Kier alpha value is -2.47. The van der Waals surface area contributed by atoms with Crippen molar-refractivity contribution in [3.05, 3.63) is 80.4 Å². The number of carbonyl (C=O) groups is 1. The van der Waals surface area contributed by atoms with Crippen molar-refractivity contribution in [3.8, 4) is 0 Å². The number of hydrogen-bond donors (Lipinski definition) is 1. The van der Waals surface area contributed by atoms with Crippen LogP contribution in [0.3, 0.4) is 0 Å². The molecule has 0 radical (unpaired) electrons. The van der Waals surface area contributed by atoms with E-state index in [9.17, 15) is 14.0 Å². The third-order valence-corrected chi connectivity index (χ3v) is 4.04. The molecule has 2 aromatic carbocycles. The van der Waals surface area contributed by atoms with Crippen molar-refractivity contribution >= 4 is 32.8 Å². The van der Waals surface area contributed by atoms with E-state index in [0.29, 0.717) is 21.0 Å². The molecule has 0 saturated heterocycles. The number of amides is 1. The van der Waals surface area contributed by atoms with Gasteiger partial charge in [0.15, 0.2) is 0 Å². The van der Waals surface area contributed by atoms with Crippen molar-refractivity contribution in [1.29, 1.82) is 0 Å². The van der Waals surface area contributed by atoms with E-state index in [1.807, 2.05) is 0 Å². The molecule has 116 valence electrons. The molecule has 0 fully saturated rings. The Labute approximate surface area is 139 Å². The highest BCUT2D eigenvalue weighted by molar-refractivity contribution is 9.10. The van der Waals surface area contributed by atoms with E-state index >= 15 is 0 Å². The monoisotopic (exact) mass is 375 g/mol. The smallest absolute Gasteiger partial charge is 0.336 e. The van der Waals surface area contributed by atoms with Gasteiger partial charge in [-0.2, -0.15) is 0 Å². The van der Waals surface area contributed by atoms with Crippen molar-refractivity contribution < 1.29 is 13.6 Å².